The zero-order chi connectivity index (χ0) is 21.6. The van der Waals surface area contributed by atoms with Crippen LogP contribution in [0.2, 0.25) is 0 Å². The van der Waals surface area contributed by atoms with Crippen molar-refractivity contribution < 1.29 is 13.2 Å². The molecule has 2 aromatic heterocycles. The van der Waals surface area contributed by atoms with Crippen molar-refractivity contribution in [2.24, 2.45) is 0 Å². The minimum Gasteiger partial charge on any atom is -0.335 e. The van der Waals surface area contributed by atoms with Crippen molar-refractivity contribution in [3.63, 3.8) is 0 Å². The van der Waals surface area contributed by atoms with Gasteiger partial charge in [0, 0.05) is 38.1 Å². The van der Waals surface area contributed by atoms with Crippen LogP contribution in [0, 0.1) is 6.92 Å². The monoisotopic (exact) mass is 434 g/mol. The molecule has 0 aliphatic carbocycles. The lowest BCUT2D eigenvalue weighted by atomic mass is 10.1. The summed E-state index contributed by atoms with van der Waals surface area (Å²) in [6.45, 7) is 3.14. The summed E-state index contributed by atoms with van der Waals surface area (Å²) in [5, 5.41) is 1.89. The molecule has 1 aliphatic heterocycles. The maximum absolute atomic E-state index is 13.1. The normalized spacial score (nSPS) is 15.6. The molecule has 1 amide bonds. The first-order valence-corrected chi connectivity index (χ1v) is 11.6. The number of carbonyl (C=O) groups excluding carboxylic acids is 1. The second-order valence-electron chi connectivity index (χ2n) is 7.73. The minimum absolute atomic E-state index is 0.175. The Morgan fingerprint density at radius 3 is 2.39 bits per heavy atom. The van der Waals surface area contributed by atoms with Gasteiger partial charge in [0.15, 0.2) is 0 Å². The van der Waals surface area contributed by atoms with Crippen molar-refractivity contribution in [2.45, 2.75) is 11.8 Å². The summed E-state index contributed by atoms with van der Waals surface area (Å²) in [7, 11) is -3.62. The predicted molar refractivity (Wildman–Crippen MR) is 119 cm³/mol. The summed E-state index contributed by atoms with van der Waals surface area (Å²) in [4.78, 5) is 19.3. The first-order chi connectivity index (χ1) is 14.9. The summed E-state index contributed by atoms with van der Waals surface area (Å²) >= 11 is 0. The number of pyridine rings is 1. The SMILES string of the molecule is Cc1cccc2nc(C(=O)N3CCN(S(=O)(=O)c4ccc5ccccc5c4)CC3)cn12. The van der Waals surface area contributed by atoms with Crippen molar-refractivity contribution in [1.82, 2.24) is 18.6 Å². The van der Waals surface area contributed by atoms with E-state index in [-0.39, 0.29) is 23.9 Å². The quantitative estimate of drug-likeness (QED) is 0.497. The van der Waals surface area contributed by atoms with Gasteiger partial charge in [0.1, 0.15) is 11.3 Å². The van der Waals surface area contributed by atoms with Gasteiger partial charge in [-0.05, 0) is 42.0 Å². The number of rotatable bonds is 3. The van der Waals surface area contributed by atoms with Gasteiger partial charge in [-0.1, -0.05) is 36.4 Å². The van der Waals surface area contributed by atoms with Crippen LogP contribution >= 0.6 is 0 Å². The molecule has 31 heavy (non-hydrogen) atoms. The van der Waals surface area contributed by atoms with E-state index in [0.29, 0.717) is 18.8 Å². The highest BCUT2D eigenvalue weighted by molar-refractivity contribution is 7.89. The Bertz CT molecular complexity index is 1400. The molecule has 4 aromatic rings. The third-order valence-electron chi connectivity index (χ3n) is 5.80. The second kappa shape index (κ2) is 7.47. The molecule has 0 radical (unpaired) electrons. The van der Waals surface area contributed by atoms with Crippen LogP contribution < -0.4 is 0 Å². The number of hydrogen-bond donors (Lipinski definition) is 0. The van der Waals surface area contributed by atoms with E-state index in [1.165, 1.54) is 4.31 Å². The number of aromatic nitrogens is 2. The fourth-order valence-electron chi connectivity index (χ4n) is 4.02. The fourth-order valence-corrected chi connectivity index (χ4v) is 5.48. The van der Waals surface area contributed by atoms with Crippen molar-refractivity contribution in [1.29, 1.82) is 0 Å². The highest BCUT2D eigenvalue weighted by atomic mass is 32.2. The third-order valence-corrected chi connectivity index (χ3v) is 7.69. The molecule has 3 heterocycles. The second-order valence-corrected chi connectivity index (χ2v) is 9.66. The Labute approximate surface area is 180 Å². The van der Waals surface area contributed by atoms with E-state index in [0.717, 1.165) is 22.1 Å². The summed E-state index contributed by atoms with van der Waals surface area (Å²) in [5.74, 6) is -0.175. The van der Waals surface area contributed by atoms with Gasteiger partial charge >= 0.3 is 0 Å². The van der Waals surface area contributed by atoms with E-state index in [1.54, 1.807) is 23.2 Å². The number of hydrogen-bond acceptors (Lipinski definition) is 4. The molecule has 0 N–H and O–H groups in total. The Hall–Kier alpha value is -3.23. The van der Waals surface area contributed by atoms with Crippen LogP contribution in [0.5, 0.6) is 0 Å². The molecular formula is C23H22N4O3S. The number of carbonyl (C=O) groups is 1. The van der Waals surface area contributed by atoms with E-state index < -0.39 is 10.0 Å². The molecule has 7 nitrogen and oxygen atoms in total. The maximum atomic E-state index is 13.1. The number of benzene rings is 2. The van der Waals surface area contributed by atoms with E-state index in [1.807, 2.05) is 59.9 Å². The van der Waals surface area contributed by atoms with Gasteiger partial charge in [-0.3, -0.25) is 4.79 Å². The van der Waals surface area contributed by atoms with E-state index in [2.05, 4.69) is 4.98 Å². The lowest BCUT2D eigenvalue weighted by Gasteiger charge is -2.33. The standard InChI is InChI=1S/C23H22N4O3S/c1-17-5-4-8-22-24-21(16-27(17)22)23(28)25-11-13-26(14-12-25)31(29,30)20-10-9-18-6-2-3-7-19(18)15-20/h2-10,15-16H,11-14H2,1H3. The number of fused-ring (bicyclic) bond motifs is 2. The van der Waals surface area contributed by atoms with E-state index >= 15 is 0 Å². The number of sulfonamides is 1. The number of nitrogens with zero attached hydrogens (tertiary/aromatic N) is 4. The van der Waals surface area contributed by atoms with Crippen molar-refractivity contribution >= 4 is 32.4 Å². The molecule has 1 saturated heterocycles. The van der Waals surface area contributed by atoms with Gasteiger partial charge in [-0.15, -0.1) is 0 Å². The number of aryl methyl sites for hydroxylation is 1. The van der Waals surface area contributed by atoms with Gasteiger partial charge in [0.2, 0.25) is 10.0 Å². The summed E-state index contributed by atoms with van der Waals surface area (Å²) in [6, 6.07) is 18.6. The van der Waals surface area contributed by atoms with Crippen LogP contribution in [-0.2, 0) is 10.0 Å². The summed E-state index contributed by atoms with van der Waals surface area (Å²) in [5.41, 5.74) is 2.09. The summed E-state index contributed by atoms with van der Waals surface area (Å²) < 4.78 is 29.6. The van der Waals surface area contributed by atoms with Crippen molar-refractivity contribution in [3.8, 4) is 0 Å². The van der Waals surface area contributed by atoms with Crippen LogP contribution in [0.15, 0.2) is 71.8 Å². The molecule has 0 saturated carbocycles. The molecule has 0 spiro atoms. The van der Waals surface area contributed by atoms with Crippen LogP contribution in [0.25, 0.3) is 16.4 Å². The highest BCUT2D eigenvalue weighted by Gasteiger charge is 2.31. The molecule has 5 rings (SSSR count). The molecule has 158 valence electrons. The van der Waals surface area contributed by atoms with Crippen LogP contribution in [-0.4, -0.2) is 59.1 Å². The fraction of sp³-hybridized carbons (Fsp3) is 0.217. The predicted octanol–water partition coefficient (Wildman–Crippen LogP) is 2.94. The van der Waals surface area contributed by atoms with Crippen molar-refractivity contribution in [3.05, 3.63) is 78.2 Å². The topological polar surface area (TPSA) is 75.0 Å². The lowest BCUT2D eigenvalue weighted by molar-refractivity contribution is 0.0692. The first-order valence-electron chi connectivity index (χ1n) is 10.2. The maximum Gasteiger partial charge on any atom is 0.274 e. The highest BCUT2D eigenvalue weighted by Crippen LogP contribution is 2.23. The van der Waals surface area contributed by atoms with Gasteiger partial charge in [-0.2, -0.15) is 4.31 Å². The number of imidazole rings is 1. The third kappa shape index (κ3) is 3.47. The van der Waals surface area contributed by atoms with Crippen LogP contribution in [0.1, 0.15) is 16.2 Å². The van der Waals surface area contributed by atoms with E-state index in [9.17, 15) is 13.2 Å². The largest absolute Gasteiger partial charge is 0.335 e. The molecule has 0 bridgehead atoms. The molecule has 8 heteroatoms. The van der Waals surface area contributed by atoms with Crippen LogP contribution in [0.3, 0.4) is 0 Å². The minimum atomic E-state index is -3.62. The van der Waals surface area contributed by atoms with Crippen molar-refractivity contribution in [2.75, 3.05) is 26.2 Å². The Morgan fingerprint density at radius 2 is 1.65 bits per heavy atom. The molecule has 0 unspecified atom stereocenters. The molecule has 2 aromatic carbocycles. The van der Waals surface area contributed by atoms with Gasteiger partial charge in [0.05, 0.1) is 4.90 Å². The van der Waals surface area contributed by atoms with Gasteiger partial charge < -0.3 is 9.30 Å². The van der Waals surface area contributed by atoms with Gasteiger partial charge in [0.25, 0.3) is 5.91 Å². The molecule has 0 atom stereocenters. The molecule has 1 aliphatic rings. The van der Waals surface area contributed by atoms with Gasteiger partial charge in [-0.25, -0.2) is 13.4 Å². The molecule has 1 fully saturated rings. The first kappa shape index (κ1) is 19.7. The Kier molecular flexibility index (Phi) is 4.75. The number of piperazine rings is 1. The average molecular weight is 435 g/mol. The Balaban J connectivity index is 1.32. The zero-order valence-electron chi connectivity index (χ0n) is 17.1. The average Bonchev–Trinajstić information content (AvgIpc) is 3.24. The number of amides is 1. The van der Waals surface area contributed by atoms with Crippen LogP contribution in [0.4, 0.5) is 0 Å². The smallest absolute Gasteiger partial charge is 0.274 e. The van der Waals surface area contributed by atoms with E-state index in [4.69, 9.17) is 0 Å². The molecular weight excluding hydrogens is 412 g/mol. The zero-order valence-corrected chi connectivity index (χ0v) is 17.9. The summed E-state index contributed by atoms with van der Waals surface area (Å²) in [6.07, 6.45) is 1.74. The lowest BCUT2D eigenvalue weighted by Crippen LogP contribution is -2.50. The Morgan fingerprint density at radius 1 is 0.903 bits per heavy atom.